The summed E-state index contributed by atoms with van der Waals surface area (Å²) >= 11 is 3.14. The van der Waals surface area contributed by atoms with Crippen molar-refractivity contribution in [1.82, 2.24) is 4.90 Å². The van der Waals surface area contributed by atoms with Gasteiger partial charge in [-0.2, -0.15) is 0 Å². The zero-order chi connectivity index (χ0) is 7.56. The van der Waals surface area contributed by atoms with Crippen LogP contribution in [0.15, 0.2) is 24.0 Å². The normalized spacial score (nSPS) is 20.7. The van der Waals surface area contributed by atoms with E-state index in [0.717, 1.165) is 12.0 Å². The Kier molecular flexibility index (Phi) is 2.40. The fourth-order valence-electron chi connectivity index (χ4n) is 0.895. The second kappa shape index (κ2) is 3.12. The van der Waals surface area contributed by atoms with E-state index < -0.39 is 5.44 Å². The molecule has 1 atom stereocenters. The molecule has 0 saturated carbocycles. The molecule has 3 heteroatoms. The van der Waals surface area contributed by atoms with Crippen LogP contribution in [-0.2, 0) is 12.6 Å². The van der Waals surface area contributed by atoms with E-state index in [2.05, 4.69) is 12.6 Å². The Morgan fingerprint density at radius 3 is 2.90 bits per heavy atom. The molecule has 0 aromatic carbocycles. The van der Waals surface area contributed by atoms with Crippen LogP contribution in [0.25, 0.3) is 0 Å². The maximum Gasteiger partial charge on any atom is 0.235 e. The Hall–Kier alpha value is -0.410. The second-order valence-corrected chi connectivity index (χ2v) is 2.91. The zero-order valence-corrected chi connectivity index (χ0v) is 6.91. The lowest BCUT2D eigenvalue weighted by atomic mass is 10.2. The first-order valence-electron chi connectivity index (χ1n) is 3.18. The van der Waals surface area contributed by atoms with Crippen LogP contribution in [0.5, 0.6) is 0 Å². The number of nitrogens with zero attached hydrogens (tertiary/aromatic N) is 1. The molecule has 0 saturated heterocycles. The number of hydrogen-bond donors (Lipinski definition) is 1. The topological polar surface area (TPSA) is 23.5 Å². The second-order valence-electron chi connectivity index (χ2n) is 2.36. The number of hydrogen-bond acceptors (Lipinski definition) is 2. The largest absolute Gasteiger partial charge is 0.357 e. The highest BCUT2D eigenvalue weighted by atomic mass is 32.1. The van der Waals surface area contributed by atoms with Crippen molar-refractivity contribution in [3.8, 4) is 0 Å². The van der Waals surface area contributed by atoms with Gasteiger partial charge in [0.1, 0.15) is 0 Å². The highest BCUT2D eigenvalue weighted by Crippen LogP contribution is 2.13. The van der Waals surface area contributed by atoms with Crippen molar-refractivity contribution in [3.63, 3.8) is 0 Å². The van der Waals surface area contributed by atoms with E-state index in [9.17, 15) is 0 Å². The van der Waals surface area contributed by atoms with E-state index in [4.69, 9.17) is 5.11 Å². The van der Waals surface area contributed by atoms with Gasteiger partial charge in [-0.3, -0.25) is 0 Å². The molecule has 0 radical (unpaired) electrons. The third-order valence-corrected chi connectivity index (χ3v) is 1.79. The summed E-state index contributed by atoms with van der Waals surface area (Å²) in [6.07, 6.45) is 6.73. The van der Waals surface area contributed by atoms with Crippen molar-refractivity contribution in [2.45, 2.75) is 11.9 Å². The predicted octanol–water partition coefficient (Wildman–Crippen LogP) is 0.0494. The molecular formula is C7H12NOS+. The molecule has 0 aromatic rings. The van der Waals surface area contributed by atoms with E-state index in [0.29, 0.717) is 0 Å². The van der Waals surface area contributed by atoms with Gasteiger partial charge in [-0.05, 0) is 25.2 Å². The molecule has 0 fully saturated rings. The van der Waals surface area contributed by atoms with Gasteiger partial charge in [0.15, 0.2) is 0 Å². The number of aliphatic hydroxyl groups excluding tert-OH is 1. The molecule has 1 heterocycles. The van der Waals surface area contributed by atoms with Crippen molar-refractivity contribution in [1.29, 1.82) is 0 Å². The molecule has 0 spiro atoms. The van der Waals surface area contributed by atoms with Gasteiger partial charge >= 0.3 is 0 Å². The first-order chi connectivity index (χ1) is 4.70. The van der Waals surface area contributed by atoms with E-state index in [1.54, 1.807) is 0 Å². The van der Waals surface area contributed by atoms with Crippen LogP contribution < -0.4 is 0 Å². The van der Waals surface area contributed by atoms with Gasteiger partial charge in [-0.25, -0.2) is 0 Å². The summed E-state index contributed by atoms with van der Waals surface area (Å²) in [5, 5.41) is 9.08. The molecule has 1 unspecified atom stereocenters. The summed E-state index contributed by atoms with van der Waals surface area (Å²) in [6, 6.07) is 0. The number of rotatable bonds is 1. The van der Waals surface area contributed by atoms with Gasteiger partial charge in [-0.1, -0.05) is 6.08 Å². The predicted molar refractivity (Wildman–Crippen MR) is 45.8 cm³/mol. The Balaban J connectivity index is 2.62. The Bertz CT molecular complexity index is 174. The van der Waals surface area contributed by atoms with Gasteiger partial charge in [0.05, 0.1) is 0 Å². The molecule has 1 N–H and O–H groups in total. The maximum absolute atomic E-state index is 9.08. The van der Waals surface area contributed by atoms with Gasteiger partial charge in [-0.15, -0.1) is 0 Å². The highest BCUT2D eigenvalue weighted by Gasteiger charge is 2.11. The number of aliphatic hydroxyl groups is 1. The van der Waals surface area contributed by atoms with Crippen molar-refractivity contribution >= 4 is 12.6 Å². The Morgan fingerprint density at radius 2 is 2.50 bits per heavy atom. The number of allylic oxidation sites excluding steroid dienone is 1. The van der Waals surface area contributed by atoms with E-state index in [-0.39, 0.29) is 0 Å². The minimum absolute atomic E-state index is 0.507. The Morgan fingerprint density at radius 1 is 1.80 bits per heavy atom. The summed E-state index contributed by atoms with van der Waals surface area (Å²) in [5.41, 5.74) is 0.481. The quantitative estimate of drug-likeness (QED) is 0.545. The van der Waals surface area contributed by atoms with Crippen molar-refractivity contribution in [3.05, 3.63) is 24.0 Å². The molecule has 1 rings (SSSR count). The summed E-state index contributed by atoms with van der Waals surface area (Å²) in [4.78, 5) is 1.92. The standard InChI is InChI=1S/C7H11NOS/c1-8-4-2-3-6(5-8)7(9)10/h2,4-5,7,9-10H,3H2,1H3/p+1. The zero-order valence-electron chi connectivity index (χ0n) is 5.91. The molecule has 10 heavy (non-hydrogen) atoms. The lowest BCUT2D eigenvalue weighted by molar-refractivity contribution is 0.293. The third kappa shape index (κ3) is 1.78. The summed E-state index contributed by atoms with van der Waals surface area (Å²) in [6.45, 7) is 0. The van der Waals surface area contributed by atoms with Crippen LogP contribution >= 0.6 is 0 Å². The lowest BCUT2D eigenvalue weighted by Gasteiger charge is -2.15. The van der Waals surface area contributed by atoms with Gasteiger partial charge in [0, 0.05) is 18.8 Å². The fourth-order valence-corrected chi connectivity index (χ4v) is 1.09. The Labute approximate surface area is 66.3 Å². The molecule has 0 aliphatic carbocycles. The van der Waals surface area contributed by atoms with E-state index in [1.807, 2.05) is 30.4 Å². The van der Waals surface area contributed by atoms with Crippen LogP contribution in [-0.4, -0.2) is 22.5 Å². The molecule has 56 valence electrons. The summed E-state index contributed by atoms with van der Waals surface area (Å²) in [5.74, 6) is 0. The smallest absolute Gasteiger partial charge is 0.235 e. The van der Waals surface area contributed by atoms with Crippen LogP contribution in [0.1, 0.15) is 6.42 Å². The first-order valence-corrected chi connectivity index (χ1v) is 3.76. The minimum Gasteiger partial charge on any atom is -0.357 e. The first kappa shape index (κ1) is 7.69. The van der Waals surface area contributed by atoms with Gasteiger partial charge < -0.3 is 10.0 Å². The van der Waals surface area contributed by atoms with Crippen LogP contribution in [0.3, 0.4) is 0 Å². The average Bonchev–Trinajstić information content (AvgIpc) is 1.88. The van der Waals surface area contributed by atoms with Crippen molar-refractivity contribution in [2.75, 3.05) is 7.05 Å². The average molecular weight is 158 g/mol. The fraction of sp³-hybridized carbons (Fsp3) is 0.429. The monoisotopic (exact) mass is 158 g/mol. The van der Waals surface area contributed by atoms with Gasteiger partial charge in [0.25, 0.3) is 0 Å². The van der Waals surface area contributed by atoms with E-state index >= 15 is 0 Å². The van der Waals surface area contributed by atoms with Crippen molar-refractivity contribution in [2.24, 2.45) is 0 Å². The molecule has 1 aliphatic heterocycles. The molecule has 0 bridgehead atoms. The van der Waals surface area contributed by atoms with Crippen LogP contribution in [0.2, 0.25) is 0 Å². The molecule has 0 aromatic heterocycles. The van der Waals surface area contributed by atoms with Gasteiger partial charge in [0.2, 0.25) is 5.44 Å². The summed E-state index contributed by atoms with van der Waals surface area (Å²) in [7, 11) is 1.93. The minimum atomic E-state index is -0.507. The van der Waals surface area contributed by atoms with Crippen LogP contribution in [0.4, 0.5) is 0 Å². The molecular weight excluding hydrogens is 146 g/mol. The third-order valence-electron chi connectivity index (χ3n) is 1.41. The highest BCUT2D eigenvalue weighted by molar-refractivity contribution is 7.59. The molecule has 1 aliphatic rings. The molecule has 0 amide bonds. The summed E-state index contributed by atoms with van der Waals surface area (Å²) < 4.78 is 0. The van der Waals surface area contributed by atoms with Crippen molar-refractivity contribution < 1.29 is 5.11 Å². The maximum atomic E-state index is 9.08. The SMILES string of the molecule is CN1C=CCC(C(O)[SH2+])=C1. The van der Waals surface area contributed by atoms with Crippen LogP contribution in [0, 0.1) is 0 Å². The lowest BCUT2D eigenvalue weighted by Crippen LogP contribution is -2.13. The van der Waals surface area contributed by atoms with E-state index in [1.165, 1.54) is 0 Å². The molecule has 2 nitrogen and oxygen atoms in total.